The maximum Gasteiger partial charge on any atom is 0.148 e. The van der Waals surface area contributed by atoms with Crippen LogP contribution in [0.4, 0.5) is 0 Å². The number of halogens is 1. The molecule has 0 bridgehead atoms. The average Bonchev–Trinajstić information content (AvgIpc) is 2.82. The summed E-state index contributed by atoms with van der Waals surface area (Å²) in [6, 6.07) is 10.3. The normalized spacial score (nSPS) is 14.3. The molecule has 2 nitrogen and oxygen atoms in total. The van der Waals surface area contributed by atoms with Gasteiger partial charge in [-0.3, -0.25) is 0 Å². The van der Waals surface area contributed by atoms with Gasteiger partial charge in [0.2, 0.25) is 0 Å². The topological polar surface area (TPSA) is 35.2 Å². The second-order valence-corrected chi connectivity index (χ2v) is 7.15. The lowest BCUT2D eigenvalue weighted by molar-refractivity contribution is 0.184. The molecule has 0 aliphatic heterocycles. The molecule has 0 radical (unpaired) electrons. The van der Waals surface area contributed by atoms with Crippen LogP contribution in [0.2, 0.25) is 0 Å². The maximum atomic E-state index is 6.13. The van der Waals surface area contributed by atoms with Crippen molar-refractivity contribution in [3.8, 4) is 5.75 Å². The summed E-state index contributed by atoms with van der Waals surface area (Å²) in [5.74, 6) is 1.37. The number of rotatable bonds is 5. The van der Waals surface area contributed by atoms with Crippen molar-refractivity contribution in [3.63, 3.8) is 0 Å². The fourth-order valence-corrected chi connectivity index (χ4v) is 3.58. The van der Waals surface area contributed by atoms with Crippen molar-refractivity contribution in [1.29, 1.82) is 0 Å². The zero-order valence-electron chi connectivity index (χ0n) is 12.0. The highest BCUT2D eigenvalue weighted by Crippen LogP contribution is 2.31. The van der Waals surface area contributed by atoms with E-state index in [1.807, 2.05) is 19.1 Å². The molecular formula is C16H20BrNOS. The van der Waals surface area contributed by atoms with E-state index in [2.05, 4.69) is 53.4 Å². The molecule has 108 valence electrons. The van der Waals surface area contributed by atoms with Gasteiger partial charge in [-0.2, -0.15) is 0 Å². The molecule has 1 heterocycles. The van der Waals surface area contributed by atoms with Gasteiger partial charge in [-0.25, -0.2) is 0 Å². The molecule has 1 aromatic heterocycles. The maximum absolute atomic E-state index is 6.13. The van der Waals surface area contributed by atoms with Crippen molar-refractivity contribution in [2.45, 2.75) is 38.8 Å². The van der Waals surface area contributed by atoms with Crippen molar-refractivity contribution in [2.75, 3.05) is 0 Å². The Bertz CT molecular complexity index is 565. The van der Waals surface area contributed by atoms with E-state index >= 15 is 0 Å². The molecule has 2 rings (SSSR count). The van der Waals surface area contributed by atoms with Gasteiger partial charge in [0.25, 0.3) is 0 Å². The van der Waals surface area contributed by atoms with Crippen molar-refractivity contribution in [1.82, 2.24) is 0 Å². The molecule has 1 aromatic carbocycles. The van der Waals surface area contributed by atoms with E-state index in [9.17, 15) is 0 Å². The van der Waals surface area contributed by atoms with Crippen LogP contribution in [0.5, 0.6) is 5.75 Å². The molecule has 0 fully saturated rings. The van der Waals surface area contributed by atoms with Crippen molar-refractivity contribution >= 4 is 27.3 Å². The molecule has 0 saturated heterocycles. The SMILES string of the molecule is CC(C)c1cccc(OC(c2cc(Br)cs2)C(C)N)c1. The van der Waals surface area contributed by atoms with E-state index in [4.69, 9.17) is 10.5 Å². The summed E-state index contributed by atoms with van der Waals surface area (Å²) in [7, 11) is 0. The Kier molecular flexibility index (Phi) is 5.24. The Morgan fingerprint density at radius 1 is 1.20 bits per heavy atom. The smallest absolute Gasteiger partial charge is 0.148 e. The molecule has 2 N–H and O–H groups in total. The van der Waals surface area contributed by atoms with Crippen molar-refractivity contribution < 1.29 is 4.74 Å². The number of hydrogen-bond acceptors (Lipinski definition) is 3. The second-order valence-electron chi connectivity index (χ2n) is 5.29. The third-order valence-electron chi connectivity index (χ3n) is 3.13. The fourth-order valence-electron chi connectivity index (χ4n) is 2.00. The molecular weight excluding hydrogens is 334 g/mol. The summed E-state index contributed by atoms with van der Waals surface area (Å²) in [4.78, 5) is 1.14. The van der Waals surface area contributed by atoms with Crippen molar-refractivity contribution in [2.24, 2.45) is 5.73 Å². The molecule has 2 unspecified atom stereocenters. The van der Waals surface area contributed by atoms with Gasteiger partial charge in [0.15, 0.2) is 0 Å². The summed E-state index contributed by atoms with van der Waals surface area (Å²) in [6.45, 7) is 6.33. The van der Waals surface area contributed by atoms with Gasteiger partial charge in [0.1, 0.15) is 11.9 Å². The molecule has 0 amide bonds. The van der Waals surface area contributed by atoms with E-state index in [0.29, 0.717) is 5.92 Å². The minimum Gasteiger partial charge on any atom is -0.483 e. The first-order chi connectivity index (χ1) is 9.47. The largest absolute Gasteiger partial charge is 0.483 e. The third-order valence-corrected chi connectivity index (χ3v) is 4.89. The van der Waals surface area contributed by atoms with Gasteiger partial charge in [-0.05, 0) is 52.5 Å². The molecule has 2 aromatic rings. The average molecular weight is 354 g/mol. The monoisotopic (exact) mass is 353 g/mol. The van der Waals surface area contributed by atoms with Crippen LogP contribution in [0.25, 0.3) is 0 Å². The van der Waals surface area contributed by atoms with E-state index < -0.39 is 0 Å². The Labute approximate surface area is 133 Å². The fraction of sp³-hybridized carbons (Fsp3) is 0.375. The Balaban J connectivity index is 2.22. The summed E-state index contributed by atoms with van der Waals surface area (Å²) in [6.07, 6.45) is -0.117. The Hall–Kier alpha value is -0.840. The second kappa shape index (κ2) is 6.74. The van der Waals surface area contributed by atoms with Gasteiger partial charge in [0.05, 0.1) is 0 Å². The number of thiophene rings is 1. The summed E-state index contributed by atoms with van der Waals surface area (Å²) in [5, 5.41) is 2.05. The molecule has 0 aliphatic carbocycles. The lowest BCUT2D eigenvalue weighted by atomic mass is 10.0. The van der Waals surface area contributed by atoms with Gasteiger partial charge in [-0.1, -0.05) is 26.0 Å². The van der Waals surface area contributed by atoms with Crippen LogP contribution < -0.4 is 10.5 Å². The molecule has 0 aliphatic rings. The quantitative estimate of drug-likeness (QED) is 0.811. The van der Waals surface area contributed by atoms with E-state index in [1.54, 1.807) is 11.3 Å². The van der Waals surface area contributed by atoms with Crippen LogP contribution >= 0.6 is 27.3 Å². The van der Waals surface area contributed by atoms with Crippen LogP contribution in [-0.2, 0) is 0 Å². The molecule has 0 spiro atoms. The lowest BCUT2D eigenvalue weighted by Crippen LogP contribution is -2.28. The standard InChI is InChI=1S/C16H20BrNOS/c1-10(2)12-5-4-6-14(7-12)19-16(11(3)18)15-8-13(17)9-20-15/h4-11,16H,18H2,1-3H3. The first kappa shape index (κ1) is 15.5. The van der Waals surface area contributed by atoms with Crippen molar-refractivity contribution in [3.05, 3.63) is 50.6 Å². The summed E-state index contributed by atoms with van der Waals surface area (Å²) >= 11 is 5.14. The highest BCUT2D eigenvalue weighted by molar-refractivity contribution is 9.10. The first-order valence-corrected chi connectivity index (χ1v) is 8.40. The van der Waals surface area contributed by atoms with Gasteiger partial charge < -0.3 is 10.5 Å². The zero-order valence-corrected chi connectivity index (χ0v) is 14.4. The highest BCUT2D eigenvalue weighted by Gasteiger charge is 2.20. The van der Waals surface area contributed by atoms with Gasteiger partial charge in [-0.15, -0.1) is 11.3 Å². The van der Waals surface area contributed by atoms with Crippen LogP contribution in [0.1, 0.15) is 43.2 Å². The predicted molar refractivity (Wildman–Crippen MR) is 89.6 cm³/mol. The number of nitrogens with two attached hydrogens (primary N) is 1. The van der Waals surface area contributed by atoms with E-state index in [0.717, 1.165) is 15.1 Å². The molecule has 4 heteroatoms. The number of ether oxygens (including phenoxy) is 1. The third kappa shape index (κ3) is 3.84. The summed E-state index contributed by atoms with van der Waals surface area (Å²) in [5.41, 5.74) is 7.37. The first-order valence-electron chi connectivity index (χ1n) is 6.73. The molecule has 2 atom stereocenters. The van der Waals surface area contributed by atoms with Crippen LogP contribution in [0.3, 0.4) is 0 Å². The summed E-state index contributed by atoms with van der Waals surface area (Å²) < 4.78 is 7.20. The minimum atomic E-state index is -0.117. The van der Waals surface area contributed by atoms with E-state index in [1.165, 1.54) is 5.56 Å². The molecule has 0 saturated carbocycles. The minimum absolute atomic E-state index is 0.0664. The lowest BCUT2D eigenvalue weighted by Gasteiger charge is -2.22. The highest BCUT2D eigenvalue weighted by atomic mass is 79.9. The van der Waals surface area contributed by atoms with E-state index in [-0.39, 0.29) is 12.1 Å². The molecule has 20 heavy (non-hydrogen) atoms. The van der Waals surface area contributed by atoms with Crippen LogP contribution in [0, 0.1) is 0 Å². The van der Waals surface area contributed by atoms with Gasteiger partial charge >= 0.3 is 0 Å². The number of hydrogen-bond donors (Lipinski definition) is 1. The van der Waals surface area contributed by atoms with Crippen LogP contribution in [0.15, 0.2) is 40.2 Å². The zero-order chi connectivity index (χ0) is 14.7. The Morgan fingerprint density at radius 3 is 2.50 bits per heavy atom. The van der Waals surface area contributed by atoms with Gasteiger partial charge in [0, 0.05) is 20.8 Å². The van der Waals surface area contributed by atoms with Crippen LogP contribution in [-0.4, -0.2) is 6.04 Å². The number of benzene rings is 1. The predicted octanol–water partition coefficient (Wildman–Crippen LogP) is 5.10. The Morgan fingerprint density at radius 2 is 1.95 bits per heavy atom.